The molecule has 0 radical (unpaired) electrons. The normalized spacial score (nSPS) is 15.5. The quantitative estimate of drug-likeness (QED) is 0.749. The van der Waals surface area contributed by atoms with E-state index in [1.165, 1.54) is 5.56 Å². The van der Waals surface area contributed by atoms with Crippen LogP contribution in [0.1, 0.15) is 31.1 Å². The average Bonchev–Trinajstić information content (AvgIpc) is 2.44. The van der Waals surface area contributed by atoms with Crippen molar-refractivity contribution in [3.8, 4) is 0 Å². The van der Waals surface area contributed by atoms with Gasteiger partial charge in [0.1, 0.15) is 0 Å². The van der Waals surface area contributed by atoms with E-state index in [9.17, 15) is 0 Å². The average molecular weight is 197 g/mol. The molecule has 2 atom stereocenters. The molecule has 0 saturated carbocycles. The molecule has 0 spiro atoms. The lowest BCUT2D eigenvalue weighted by atomic mass is 10.1. The second-order valence-electron chi connectivity index (χ2n) is 3.79. The predicted molar refractivity (Wildman–Crippen MR) is 56.0 cm³/mol. The molecule has 0 amide bonds. The van der Waals surface area contributed by atoms with E-state index in [0.717, 1.165) is 5.69 Å². The van der Waals surface area contributed by atoms with E-state index in [2.05, 4.69) is 17.3 Å². The van der Waals surface area contributed by atoms with Gasteiger partial charge in [0.2, 0.25) is 0 Å². The first-order valence-corrected chi connectivity index (χ1v) is 4.92. The molecule has 0 fully saturated rings. The summed E-state index contributed by atoms with van der Waals surface area (Å²) in [6.45, 7) is 6.50. The van der Waals surface area contributed by atoms with Crippen molar-refractivity contribution < 1.29 is 5.11 Å². The van der Waals surface area contributed by atoms with Gasteiger partial charge in [-0.25, -0.2) is 0 Å². The highest BCUT2D eigenvalue weighted by atomic mass is 16.3. The minimum absolute atomic E-state index is 0.235. The smallest absolute Gasteiger partial charge is 0.0636 e. The largest absolute Gasteiger partial charge is 0.392 e. The second-order valence-corrected chi connectivity index (χ2v) is 3.79. The van der Waals surface area contributed by atoms with E-state index in [1.807, 2.05) is 24.9 Å². The van der Waals surface area contributed by atoms with Crippen LogP contribution in [0.2, 0.25) is 0 Å². The van der Waals surface area contributed by atoms with Crippen LogP contribution in [0.3, 0.4) is 0 Å². The Morgan fingerprint density at radius 2 is 2.21 bits per heavy atom. The zero-order chi connectivity index (χ0) is 10.7. The summed E-state index contributed by atoms with van der Waals surface area (Å²) in [6, 6.07) is 0.235. The van der Waals surface area contributed by atoms with Crippen LogP contribution in [0, 0.1) is 6.92 Å². The van der Waals surface area contributed by atoms with Gasteiger partial charge in [0, 0.05) is 30.9 Å². The molecule has 1 aromatic heterocycles. The minimum Gasteiger partial charge on any atom is -0.392 e. The highest BCUT2D eigenvalue weighted by molar-refractivity contribution is 5.19. The van der Waals surface area contributed by atoms with Gasteiger partial charge in [0.05, 0.1) is 12.3 Å². The lowest BCUT2D eigenvalue weighted by molar-refractivity contribution is 0.187. The van der Waals surface area contributed by atoms with Crippen LogP contribution in [0.25, 0.3) is 0 Å². The summed E-state index contributed by atoms with van der Waals surface area (Å²) < 4.78 is 1.86. The van der Waals surface area contributed by atoms with Crippen molar-refractivity contribution in [3.05, 3.63) is 17.5 Å². The Morgan fingerprint density at radius 3 is 2.64 bits per heavy atom. The molecule has 2 N–H and O–H groups in total. The maximum Gasteiger partial charge on any atom is 0.0636 e. The van der Waals surface area contributed by atoms with Crippen molar-refractivity contribution in [1.29, 1.82) is 0 Å². The standard InChI is InChI=1S/C10H19N3O/c1-7(14)5-11-8(2)10-6-12-13(4)9(10)3/h6-8,11,14H,5H2,1-4H3/t7-,8?/m1/s1. The monoisotopic (exact) mass is 197 g/mol. The number of aryl methyl sites for hydroxylation is 1. The van der Waals surface area contributed by atoms with Gasteiger partial charge in [-0.3, -0.25) is 4.68 Å². The molecule has 1 aromatic rings. The van der Waals surface area contributed by atoms with Crippen molar-refractivity contribution in [2.75, 3.05) is 6.54 Å². The van der Waals surface area contributed by atoms with Gasteiger partial charge >= 0.3 is 0 Å². The number of nitrogens with zero attached hydrogens (tertiary/aromatic N) is 2. The highest BCUT2D eigenvalue weighted by Crippen LogP contribution is 2.15. The molecule has 0 aliphatic carbocycles. The summed E-state index contributed by atoms with van der Waals surface area (Å²) in [6.07, 6.45) is 1.56. The molecule has 0 bridgehead atoms. The van der Waals surface area contributed by atoms with Crippen LogP contribution < -0.4 is 5.32 Å². The Bertz CT molecular complexity index is 294. The fraction of sp³-hybridized carbons (Fsp3) is 0.700. The SMILES string of the molecule is Cc1c(C(C)NC[C@@H](C)O)cnn1C. The molecule has 0 aromatic carbocycles. The zero-order valence-electron chi connectivity index (χ0n) is 9.28. The molecular formula is C10H19N3O. The number of aromatic nitrogens is 2. The van der Waals surface area contributed by atoms with Crippen LogP contribution in [0.4, 0.5) is 0 Å². The van der Waals surface area contributed by atoms with Crippen molar-refractivity contribution in [2.45, 2.75) is 32.9 Å². The highest BCUT2D eigenvalue weighted by Gasteiger charge is 2.11. The summed E-state index contributed by atoms with van der Waals surface area (Å²) in [5.41, 5.74) is 2.35. The summed E-state index contributed by atoms with van der Waals surface area (Å²) in [5, 5.41) is 16.6. The predicted octanol–water partition coefficient (Wildman–Crippen LogP) is 0.760. The molecule has 1 heterocycles. The van der Waals surface area contributed by atoms with Crippen molar-refractivity contribution in [2.24, 2.45) is 7.05 Å². The van der Waals surface area contributed by atoms with Gasteiger partial charge in [0.25, 0.3) is 0 Å². The van der Waals surface area contributed by atoms with Crippen LogP contribution in [0.15, 0.2) is 6.20 Å². The first-order valence-electron chi connectivity index (χ1n) is 4.92. The third-order valence-corrected chi connectivity index (χ3v) is 2.46. The molecule has 0 saturated heterocycles. The van der Waals surface area contributed by atoms with Gasteiger partial charge in [-0.05, 0) is 20.8 Å². The van der Waals surface area contributed by atoms with E-state index in [-0.39, 0.29) is 12.1 Å². The van der Waals surface area contributed by atoms with Gasteiger partial charge in [-0.15, -0.1) is 0 Å². The van der Waals surface area contributed by atoms with E-state index in [4.69, 9.17) is 5.11 Å². The van der Waals surface area contributed by atoms with Crippen molar-refractivity contribution in [3.63, 3.8) is 0 Å². The number of rotatable bonds is 4. The Labute approximate surface area is 84.9 Å². The molecule has 4 nitrogen and oxygen atoms in total. The Balaban J connectivity index is 2.60. The lowest BCUT2D eigenvalue weighted by Gasteiger charge is -2.14. The third kappa shape index (κ3) is 2.56. The molecule has 4 heteroatoms. The fourth-order valence-electron chi connectivity index (χ4n) is 1.40. The van der Waals surface area contributed by atoms with E-state index in [1.54, 1.807) is 6.92 Å². The summed E-state index contributed by atoms with van der Waals surface area (Å²) in [5.74, 6) is 0. The molecule has 0 aliphatic heterocycles. The van der Waals surface area contributed by atoms with Crippen molar-refractivity contribution in [1.82, 2.24) is 15.1 Å². The second kappa shape index (κ2) is 4.57. The van der Waals surface area contributed by atoms with Crippen LogP contribution in [-0.4, -0.2) is 27.5 Å². The van der Waals surface area contributed by atoms with Gasteiger partial charge in [0.15, 0.2) is 0 Å². The first kappa shape index (κ1) is 11.2. The zero-order valence-corrected chi connectivity index (χ0v) is 9.28. The Morgan fingerprint density at radius 1 is 1.57 bits per heavy atom. The number of hydrogen-bond acceptors (Lipinski definition) is 3. The number of aliphatic hydroxyl groups is 1. The minimum atomic E-state index is -0.311. The fourth-order valence-corrected chi connectivity index (χ4v) is 1.40. The summed E-state index contributed by atoms with van der Waals surface area (Å²) in [7, 11) is 1.93. The first-order chi connectivity index (χ1) is 6.52. The molecule has 80 valence electrons. The lowest BCUT2D eigenvalue weighted by Crippen LogP contribution is -2.27. The molecular weight excluding hydrogens is 178 g/mol. The van der Waals surface area contributed by atoms with E-state index in [0.29, 0.717) is 6.54 Å². The van der Waals surface area contributed by atoms with Gasteiger partial charge in [-0.1, -0.05) is 0 Å². The maximum absolute atomic E-state index is 9.14. The van der Waals surface area contributed by atoms with Crippen LogP contribution in [0.5, 0.6) is 0 Å². The molecule has 1 rings (SSSR count). The molecule has 0 aliphatic rings. The Hall–Kier alpha value is -0.870. The van der Waals surface area contributed by atoms with E-state index >= 15 is 0 Å². The maximum atomic E-state index is 9.14. The van der Waals surface area contributed by atoms with E-state index < -0.39 is 0 Å². The van der Waals surface area contributed by atoms with Gasteiger partial charge in [-0.2, -0.15) is 5.10 Å². The third-order valence-electron chi connectivity index (χ3n) is 2.46. The molecule has 1 unspecified atom stereocenters. The van der Waals surface area contributed by atoms with Crippen molar-refractivity contribution >= 4 is 0 Å². The van der Waals surface area contributed by atoms with Crippen LogP contribution in [-0.2, 0) is 7.05 Å². The van der Waals surface area contributed by atoms with Crippen LogP contribution >= 0.6 is 0 Å². The summed E-state index contributed by atoms with van der Waals surface area (Å²) >= 11 is 0. The number of nitrogens with one attached hydrogen (secondary N) is 1. The topological polar surface area (TPSA) is 50.1 Å². The Kier molecular flexibility index (Phi) is 3.66. The number of hydrogen-bond donors (Lipinski definition) is 2. The number of aliphatic hydroxyl groups excluding tert-OH is 1. The van der Waals surface area contributed by atoms with Gasteiger partial charge < -0.3 is 10.4 Å². The summed E-state index contributed by atoms with van der Waals surface area (Å²) in [4.78, 5) is 0. The molecule has 14 heavy (non-hydrogen) atoms.